The largest absolute Gasteiger partial charge is 0.0961 e. The van der Waals surface area contributed by atoms with Gasteiger partial charge >= 0.3 is 0 Å². The zero-order valence-electron chi connectivity index (χ0n) is 30.7. The van der Waals surface area contributed by atoms with Crippen molar-refractivity contribution in [1.82, 2.24) is 0 Å². The Labute approximate surface area is 296 Å². The van der Waals surface area contributed by atoms with Gasteiger partial charge < -0.3 is 0 Å². The molecule has 0 aliphatic heterocycles. The predicted octanol–water partition coefficient (Wildman–Crippen LogP) is 14.1. The van der Waals surface area contributed by atoms with Crippen LogP contribution in [0.15, 0.2) is 170 Å². The summed E-state index contributed by atoms with van der Waals surface area (Å²) >= 11 is 0. The summed E-state index contributed by atoms with van der Waals surface area (Å²) in [5, 5.41) is 0. The summed E-state index contributed by atoms with van der Waals surface area (Å²) < 4.78 is 0. The molecule has 0 nitrogen and oxygen atoms in total. The van der Waals surface area contributed by atoms with Crippen LogP contribution in [0.1, 0.15) is 68.0 Å². The van der Waals surface area contributed by atoms with Crippen LogP contribution < -0.4 is 0 Å². The van der Waals surface area contributed by atoms with Gasteiger partial charge in [0.25, 0.3) is 0 Å². The van der Waals surface area contributed by atoms with E-state index in [-0.39, 0.29) is 5.41 Å². The van der Waals surface area contributed by atoms with Crippen molar-refractivity contribution in [2.45, 2.75) is 60.8 Å². The maximum atomic E-state index is 3.66. The van der Waals surface area contributed by atoms with Crippen LogP contribution in [0.3, 0.4) is 0 Å². The van der Waals surface area contributed by atoms with Gasteiger partial charge in [0.15, 0.2) is 0 Å². The molecule has 0 radical (unpaired) electrons. The van der Waals surface area contributed by atoms with Gasteiger partial charge in [-0.25, -0.2) is 0 Å². The molecule has 1 aliphatic rings. The standard InChI is InChI=1S/C28H24.C13H12.C6H10.C2H6/c1-19-11-4-5-13-21(19)22-14-6-8-16-24(22)28(3)25-17-9-7-15-23(25)27-20(2)12-10-18-26(27)28;1-11-7-9-13(10-8-11)12-5-3-2-4-6-12;1-4-5-6(2)3;1-2/h4-18H,1-3H3;2-10H,1H3;4-5H,2H2,1,3H3;1-2H3/b;;5-4-;. The van der Waals surface area contributed by atoms with Crippen LogP contribution in [-0.2, 0) is 5.41 Å². The average molecular weight is 641 g/mol. The van der Waals surface area contributed by atoms with Crippen molar-refractivity contribution in [3.8, 4) is 33.4 Å². The fraction of sp³-hybridized carbons (Fsp3) is 0.184. The van der Waals surface area contributed by atoms with Gasteiger partial charge in [-0.15, -0.1) is 0 Å². The van der Waals surface area contributed by atoms with Gasteiger partial charge in [0.1, 0.15) is 0 Å². The van der Waals surface area contributed by atoms with E-state index in [1.165, 1.54) is 66.8 Å². The van der Waals surface area contributed by atoms with E-state index in [4.69, 9.17) is 0 Å². The lowest BCUT2D eigenvalue weighted by atomic mass is 9.71. The van der Waals surface area contributed by atoms with Crippen LogP contribution >= 0.6 is 0 Å². The van der Waals surface area contributed by atoms with E-state index in [1.807, 2.05) is 45.9 Å². The van der Waals surface area contributed by atoms with Crippen molar-refractivity contribution in [2.24, 2.45) is 0 Å². The summed E-state index contributed by atoms with van der Waals surface area (Å²) in [4.78, 5) is 0. The maximum Gasteiger partial charge on any atom is 0.0441 e. The number of rotatable bonds is 4. The average Bonchev–Trinajstić information content (AvgIpc) is 3.40. The van der Waals surface area contributed by atoms with Crippen molar-refractivity contribution >= 4 is 0 Å². The van der Waals surface area contributed by atoms with Gasteiger partial charge in [0, 0.05) is 5.41 Å². The Morgan fingerprint density at radius 2 is 0.980 bits per heavy atom. The highest BCUT2D eigenvalue weighted by Gasteiger charge is 2.42. The van der Waals surface area contributed by atoms with Crippen LogP contribution in [0.5, 0.6) is 0 Å². The lowest BCUT2D eigenvalue weighted by molar-refractivity contribution is 0.715. The molecule has 0 heteroatoms. The highest BCUT2D eigenvalue weighted by Crippen LogP contribution is 2.55. The Balaban J connectivity index is 0.000000213. The number of allylic oxidation sites excluding steroid dienone is 3. The highest BCUT2D eigenvalue weighted by atomic mass is 14.4. The van der Waals surface area contributed by atoms with Gasteiger partial charge in [-0.1, -0.05) is 189 Å². The molecule has 1 aliphatic carbocycles. The molecule has 1 unspecified atom stereocenters. The molecular weight excluding hydrogens is 589 g/mol. The molecule has 248 valence electrons. The van der Waals surface area contributed by atoms with Crippen LogP contribution in [0.2, 0.25) is 0 Å². The second-order valence-electron chi connectivity index (χ2n) is 12.6. The minimum Gasteiger partial charge on any atom is -0.0961 e. The van der Waals surface area contributed by atoms with Gasteiger partial charge in [0.2, 0.25) is 0 Å². The normalized spacial score (nSPS) is 13.8. The Bertz CT molecular complexity index is 1990. The van der Waals surface area contributed by atoms with Crippen molar-refractivity contribution < 1.29 is 0 Å². The molecule has 0 bridgehead atoms. The number of fused-ring (bicyclic) bond motifs is 3. The molecule has 0 spiro atoms. The van der Waals surface area contributed by atoms with Gasteiger partial charge in [0.05, 0.1) is 0 Å². The van der Waals surface area contributed by atoms with E-state index >= 15 is 0 Å². The van der Waals surface area contributed by atoms with E-state index in [0.29, 0.717) is 0 Å². The van der Waals surface area contributed by atoms with Crippen LogP contribution in [0.4, 0.5) is 0 Å². The Morgan fingerprint density at radius 1 is 0.510 bits per heavy atom. The van der Waals surface area contributed by atoms with E-state index < -0.39 is 0 Å². The smallest absolute Gasteiger partial charge is 0.0441 e. The molecule has 0 heterocycles. The summed E-state index contributed by atoms with van der Waals surface area (Å²) in [6.45, 7) is 20.5. The molecule has 0 N–H and O–H groups in total. The zero-order valence-corrected chi connectivity index (χ0v) is 30.7. The van der Waals surface area contributed by atoms with E-state index in [2.05, 4.69) is 174 Å². The summed E-state index contributed by atoms with van der Waals surface area (Å²) in [6, 6.07) is 52.3. The summed E-state index contributed by atoms with van der Waals surface area (Å²) in [5.74, 6) is 0. The topological polar surface area (TPSA) is 0 Å². The molecule has 0 saturated carbocycles. The lowest BCUT2D eigenvalue weighted by Crippen LogP contribution is -2.23. The SMILES string of the molecule is C=C(C)/C=C\C.CC.Cc1ccc(-c2ccccc2)cc1.Cc1ccccc1-c1ccccc1C1(C)c2ccccc2-c2c(C)cccc21. The number of aryl methyl sites for hydroxylation is 3. The first-order valence-corrected chi connectivity index (χ1v) is 17.5. The third-order valence-electron chi connectivity index (χ3n) is 9.06. The molecule has 7 rings (SSSR count). The Kier molecular flexibility index (Phi) is 12.9. The van der Waals surface area contributed by atoms with E-state index in [0.717, 1.165) is 5.57 Å². The molecule has 1 atom stereocenters. The molecule has 0 amide bonds. The first-order valence-electron chi connectivity index (χ1n) is 17.5. The van der Waals surface area contributed by atoms with Crippen LogP contribution in [0, 0.1) is 20.8 Å². The third-order valence-corrected chi connectivity index (χ3v) is 9.06. The molecule has 0 aromatic heterocycles. The quantitative estimate of drug-likeness (QED) is 0.168. The van der Waals surface area contributed by atoms with E-state index in [1.54, 1.807) is 0 Å². The summed E-state index contributed by atoms with van der Waals surface area (Å²) in [7, 11) is 0. The molecular formula is C49H52. The first-order chi connectivity index (χ1) is 23.8. The number of benzene rings is 6. The second kappa shape index (κ2) is 17.3. The van der Waals surface area contributed by atoms with Crippen molar-refractivity contribution in [2.75, 3.05) is 0 Å². The second-order valence-corrected chi connectivity index (χ2v) is 12.6. The summed E-state index contributed by atoms with van der Waals surface area (Å²) in [5.41, 5.74) is 17.1. The van der Waals surface area contributed by atoms with Crippen molar-refractivity contribution in [3.63, 3.8) is 0 Å². The lowest BCUT2D eigenvalue weighted by Gasteiger charge is -2.31. The van der Waals surface area contributed by atoms with Gasteiger partial charge in [-0.2, -0.15) is 0 Å². The minimum absolute atomic E-state index is 0.170. The Morgan fingerprint density at radius 3 is 1.55 bits per heavy atom. The van der Waals surface area contributed by atoms with Gasteiger partial charge in [-0.05, 0) is 103 Å². The van der Waals surface area contributed by atoms with E-state index in [9.17, 15) is 0 Å². The minimum atomic E-state index is -0.170. The number of hydrogen-bond donors (Lipinski definition) is 0. The van der Waals surface area contributed by atoms with Crippen molar-refractivity contribution in [1.29, 1.82) is 0 Å². The maximum absolute atomic E-state index is 3.66. The summed E-state index contributed by atoms with van der Waals surface area (Å²) in [6.07, 6.45) is 3.95. The fourth-order valence-electron chi connectivity index (χ4n) is 6.70. The number of hydrogen-bond acceptors (Lipinski definition) is 0. The molecule has 0 fully saturated rings. The fourth-order valence-corrected chi connectivity index (χ4v) is 6.70. The Hall–Kier alpha value is -5.20. The molecule has 0 saturated heterocycles. The molecule has 6 aromatic carbocycles. The first kappa shape index (κ1) is 36.6. The monoisotopic (exact) mass is 640 g/mol. The van der Waals surface area contributed by atoms with Gasteiger partial charge in [-0.3, -0.25) is 0 Å². The van der Waals surface area contributed by atoms with Crippen LogP contribution in [-0.4, -0.2) is 0 Å². The van der Waals surface area contributed by atoms with Crippen LogP contribution in [0.25, 0.3) is 33.4 Å². The molecule has 6 aromatic rings. The highest BCUT2D eigenvalue weighted by molar-refractivity contribution is 5.87. The molecule has 49 heavy (non-hydrogen) atoms. The third kappa shape index (κ3) is 8.27. The predicted molar refractivity (Wildman–Crippen MR) is 216 cm³/mol. The van der Waals surface area contributed by atoms with Crippen molar-refractivity contribution in [3.05, 3.63) is 203 Å². The zero-order chi connectivity index (χ0) is 35.4.